The fourth-order valence-corrected chi connectivity index (χ4v) is 1.61. The Balaban J connectivity index is 3.58. The molecular weight excluding hydrogens is 286 g/mol. The van der Waals surface area contributed by atoms with E-state index in [9.17, 15) is 18.4 Å². The number of halogens is 2. The summed E-state index contributed by atoms with van der Waals surface area (Å²) in [4.78, 5) is 22.1. The third kappa shape index (κ3) is 12.0. The van der Waals surface area contributed by atoms with Gasteiger partial charge in [-0.1, -0.05) is 13.3 Å². The van der Waals surface area contributed by atoms with E-state index in [1.165, 1.54) is 0 Å². The number of hydrogen-bond donors (Lipinski definition) is 3. The molecule has 0 fully saturated rings. The van der Waals surface area contributed by atoms with Crippen molar-refractivity contribution >= 4 is 12.0 Å². The Morgan fingerprint density at radius 2 is 1.90 bits per heavy atom. The van der Waals surface area contributed by atoms with E-state index in [4.69, 9.17) is 5.11 Å². The molecule has 21 heavy (non-hydrogen) atoms. The minimum absolute atomic E-state index is 0.0300. The summed E-state index contributed by atoms with van der Waals surface area (Å²) in [6, 6.07) is -0.484. The van der Waals surface area contributed by atoms with Crippen molar-refractivity contribution in [2.45, 2.75) is 45.6 Å². The molecule has 2 atom stereocenters. The normalized spacial score (nSPS) is 13.8. The molecule has 124 valence electrons. The van der Waals surface area contributed by atoms with Gasteiger partial charge in [-0.15, -0.1) is 0 Å². The number of rotatable bonds is 11. The number of nitrogens with one attached hydrogen (secondary N) is 2. The predicted molar refractivity (Wildman–Crippen MR) is 73.5 cm³/mol. The lowest BCUT2D eigenvalue weighted by Gasteiger charge is -2.15. The molecule has 0 rings (SSSR count). The first-order valence-corrected chi connectivity index (χ1v) is 6.96. The van der Waals surface area contributed by atoms with E-state index in [0.29, 0.717) is 19.3 Å². The fraction of sp³-hybridized carbons (Fsp3) is 0.846. The molecule has 0 aliphatic rings. The highest BCUT2D eigenvalue weighted by Crippen LogP contribution is 2.09. The summed E-state index contributed by atoms with van der Waals surface area (Å²) in [5, 5.41) is 13.9. The molecule has 0 spiro atoms. The van der Waals surface area contributed by atoms with Crippen molar-refractivity contribution in [3.8, 4) is 0 Å². The molecule has 0 aliphatic heterocycles. The topological polar surface area (TPSA) is 87.7 Å². The van der Waals surface area contributed by atoms with Crippen molar-refractivity contribution < 1.29 is 28.2 Å². The molecule has 2 amide bonds. The third-order valence-corrected chi connectivity index (χ3v) is 2.85. The Kier molecular flexibility index (Phi) is 10.5. The van der Waals surface area contributed by atoms with Gasteiger partial charge in [0.2, 0.25) is 0 Å². The number of urea groups is 1. The van der Waals surface area contributed by atoms with E-state index in [2.05, 4.69) is 15.4 Å². The molecule has 0 saturated carbocycles. The van der Waals surface area contributed by atoms with Gasteiger partial charge in [0.05, 0.1) is 12.5 Å². The van der Waals surface area contributed by atoms with Crippen LogP contribution < -0.4 is 10.6 Å². The van der Waals surface area contributed by atoms with Crippen molar-refractivity contribution in [3.63, 3.8) is 0 Å². The average molecular weight is 310 g/mol. The first-order chi connectivity index (χ1) is 9.82. The zero-order valence-electron chi connectivity index (χ0n) is 12.4. The van der Waals surface area contributed by atoms with Crippen LogP contribution >= 0.6 is 0 Å². The highest BCUT2D eigenvalue weighted by molar-refractivity contribution is 5.74. The van der Waals surface area contributed by atoms with Crippen molar-refractivity contribution in [1.82, 2.24) is 10.6 Å². The van der Waals surface area contributed by atoms with Gasteiger partial charge in [0.25, 0.3) is 6.43 Å². The molecule has 0 bridgehead atoms. The maximum absolute atomic E-state index is 11.8. The van der Waals surface area contributed by atoms with Gasteiger partial charge in [0.15, 0.2) is 0 Å². The second-order valence-corrected chi connectivity index (χ2v) is 4.94. The van der Waals surface area contributed by atoms with E-state index >= 15 is 0 Å². The van der Waals surface area contributed by atoms with E-state index in [-0.39, 0.29) is 19.2 Å². The van der Waals surface area contributed by atoms with Crippen molar-refractivity contribution in [3.05, 3.63) is 0 Å². The van der Waals surface area contributed by atoms with Gasteiger partial charge in [-0.25, -0.2) is 13.6 Å². The summed E-state index contributed by atoms with van der Waals surface area (Å²) in [5.41, 5.74) is 0. The van der Waals surface area contributed by atoms with Crippen LogP contribution in [0.5, 0.6) is 0 Å². The number of carbonyl (C=O) groups excluding carboxylic acids is 1. The molecule has 6 nitrogen and oxygen atoms in total. The lowest BCUT2D eigenvalue weighted by atomic mass is 10.0. The molecule has 2 unspecified atom stereocenters. The third-order valence-electron chi connectivity index (χ3n) is 2.85. The number of carboxylic acids is 1. The lowest BCUT2D eigenvalue weighted by molar-refractivity contribution is -0.141. The Morgan fingerprint density at radius 1 is 1.24 bits per heavy atom. The van der Waals surface area contributed by atoms with Crippen LogP contribution in [-0.4, -0.2) is 49.3 Å². The maximum atomic E-state index is 11.8. The maximum Gasteiger partial charge on any atom is 0.315 e. The minimum Gasteiger partial charge on any atom is -0.481 e. The zero-order chi connectivity index (χ0) is 16.3. The minimum atomic E-state index is -2.51. The largest absolute Gasteiger partial charge is 0.481 e. The number of hydrogen-bond acceptors (Lipinski definition) is 3. The SMILES string of the molecule is CC(CCCC(C)C(=O)O)NC(=O)NCCOCC(F)F. The van der Waals surface area contributed by atoms with Gasteiger partial charge in [-0.05, 0) is 19.8 Å². The zero-order valence-corrected chi connectivity index (χ0v) is 12.4. The standard InChI is InChI=1S/C13H24F2N2O4/c1-9(12(18)19)4-3-5-10(2)17-13(20)16-6-7-21-8-11(14)15/h9-11H,3-8H2,1-2H3,(H,18,19)(H2,16,17,20). The fourth-order valence-electron chi connectivity index (χ4n) is 1.61. The van der Waals surface area contributed by atoms with Crippen LogP contribution in [0.15, 0.2) is 0 Å². The number of alkyl halides is 2. The summed E-state index contributed by atoms with van der Waals surface area (Å²) in [5.74, 6) is -1.21. The van der Waals surface area contributed by atoms with Crippen LogP contribution in [-0.2, 0) is 9.53 Å². The smallest absolute Gasteiger partial charge is 0.315 e. The van der Waals surface area contributed by atoms with E-state index in [1.54, 1.807) is 6.92 Å². The lowest BCUT2D eigenvalue weighted by Crippen LogP contribution is -2.42. The Morgan fingerprint density at radius 3 is 2.48 bits per heavy atom. The molecule has 0 radical (unpaired) electrons. The summed E-state index contributed by atoms with van der Waals surface area (Å²) < 4.78 is 28.1. The highest BCUT2D eigenvalue weighted by atomic mass is 19.3. The second-order valence-electron chi connectivity index (χ2n) is 4.94. The monoisotopic (exact) mass is 310 g/mol. The summed E-state index contributed by atoms with van der Waals surface area (Å²) in [6.07, 6.45) is -0.573. The number of ether oxygens (including phenoxy) is 1. The van der Waals surface area contributed by atoms with Gasteiger partial charge < -0.3 is 20.5 Å². The van der Waals surface area contributed by atoms with Crippen LogP contribution in [0.4, 0.5) is 13.6 Å². The van der Waals surface area contributed by atoms with Gasteiger partial charge >= 0.3 is 12.0 Å². The molecule has 0 saturated heterocycles. The molecule has 8 heteroatoms. The second kappa shape index (κ2) is 11.2. The first kappa shape index (κ1) is 19.6. The molecule has 0 aromatic heterocycles. The van der Waals surface area contributed by atoms with Gasteiger partial charge in [0, 0.05) is 12.6 Å². The average Bonchev–Trinajstić information content (AvgIpc) is 2.37. The molecule has 0 heterocycles. The predicted octanol–water partition coefficient (Wildman–Crippen LogP) is 1.85. The highest BCUT2D eigenvalue weighted by Gasteiger charge is 2.12. The van der Waals surface area contributed by atoms with Crippen LogP contribution in [0.3, 0.4) is 0 Å². The molecule has 0 aliphatic carbocycles. The Hall–Kier alpha value is -1.44. The summed E-state index contributed by atoms with van der Waals surface area (Å²) in [7, 11) is 0. The van der Waals surface area contributed by atoms with E-state index in [1.807, 2.05) is 6.92 Å². The molecule has 0 aromatic rings. The quantitative estimate of drug-likeness (QED) is 0.508. The van der Waals surface area contributed by atoms with Crippen molar-refractivity contribution in [1.29, 1.82) is 0 Å². The number of amides is 2. The first-order valence-electron chi connectivity index (χ1n) is 6.96. The van der Waals surface area contributed by atoms with E-state index < -0.39 is 31.0 Å². The van der Waals surface area contributed by atoms with Gasteiger partial charge in [-0.3, -0.25) is 4.79 Å². The summed E-state index contributed by atoms with van der Waals surface area (Å²) >= 11 is 0. The number of aliphatic carboxylic acids is 1. The van der Waals surface area contributed by atoms with Crippen LogP contribution in [0.1, 0.15) is 33.1 Å². The van der Waals surface area contributed by atoms with Crippen LogP contribution in [0, 0.1) is 5.92 Å². The Labute approximate surface area is 123 Å². The summed E-state index contributed by atoms with van der Waals surface area (Å²) in [6.45, 7) is 3.01. The molecule has 0 aromatic carbocycles. The van der Waals surface area contributed by atoms with Crippen LogP contribution in [0.25, 0.3) is 0 Å². The van der Waals surface area contributed by atoms with Gasteiger partial charge in [0.1, 0.15) is 6.61 Å². The van der Waals surface area contributed by atoms with Crippen LogP contribution in [0.2, 0.25) is 0 Å². The van der Waals surface area contributed by atoms with E-state index in [0.717, 1.165) is 0 Å². The van der Waals surface area contributed by atoms with Gasteiger partial charge in [-0.2, -0.15) is 0 Å². The number of carbonyl (C=O) groups is 2. The Bertz CT molecular complexity index is 317. The molecule has 3 N–H and O–H groups in total. The van der Waals surface area contributed by atoms with Crippen molar-refractivity contribution in [2.75, 3.05) is 19.8 Å². The number of carboxylic acid groups (broad SMARTS) is 1. The van der Waals surface area contributed by atoms with Crippen molar-refractivity contribution in [2.24, 2.45) is 5.92 Å². The molecular formula is C13H24F2N2O4.